The maximum Gasteiger partial charge on any atom is 0.259 e. The predicted molar refractivity (Wildman–Crippen MR) is 188 cm³/mol. The molecule has 16 heteroatoms. The van der Waals surface area contributed by atoms with Crippen molar-refractivity contribution < 1.29 is 41.1 Å². The van der Waals surface area contributed by atoms with Gasteiger partial charge < -0.3 is 20.3 Å². The highest BCUT2D eigenvalue weighted by atomic mass is 32.2. The van der Waals surface area contributed by atoms with E-state index in [-0.39, 0.29) is 42.8 Å². The number of hydrogen-bond donors (Lipinski definition) is 3. The van der Waals surface area contributed by atoms with Gasteiger partial charge in [-0.05, 0) is 69.7 Å². The highest BCUT2D eigenvalue weighted by molar-refractivity contribution is 7.91. The Bertz CT molecular complexity index is 2110. The van der Waals surface area contributed by atoms with Crippen LogP contribution in [0.15, 0.2) is 54.6 Å². The molecular formula is C37H40F2N6O7S. The van der Waals surface area contributed by atoms with Gasteiger partial charge in [0.1, 0.15) is 40.8 Å². The zero-order valence-electron chi connectivity index (χ0n) is 29.0. The number of sulfonamides is 1. The van der Waals surface area contributed by atoms with Gasteiger partial charge in [0.05, 0.1) is 22.9 Å². The van der Waals surface area contributed by atoms with Crippen molar-refractivity contribution in [2.75, 3.05) is 6.54 Å². The number of hydrogen-bond acceptors (Lipinski definition) is 9. The molecule has 3 aromatic rings. The number of para-hydroxylation sites is 1. The SMILES string of the molecule is Cc1nc2cccc(F)c2nc1OC1CC2C(=O)NC3(C(=O)NS(=O)(=O)C4CC4)CC3/C=C\CCCCCC(NC(=O)c3ccccc3F)C(=O)N2C1. The van der Waals surface area contributed by atoms with Gasteiger partial charge in [-0.1, -0.05) is 43.2 Å². The molecule has 2 saturated carbocycles. The molecule has 0 bridgehead atoms. The van der Waals surface area contributed by atoms with Crippen LogP contribution in [0.2, 0.25) is 0 Å². The van der Waals surface area contributed by atoms with Gasteiger partial charge in [0.2, 0.25) is 27.7 Å². The van der Waals surface area contributed by atoms with Crippen molar-refractivity contribution in [1.29, 1.82) is 0 Å². The van der Waals surface area contributed by atoms with Gasteiger partial charge in [0, 0.05) is 12.3 Å². The lowest BCUT2D eigenvalue weighted by molar-refractivity contribution is -0.141. The number of rotatable bonds is 7. The van der Waals surface area contributed by atoms with Crippen molar-refractivity contribution in [3.63, 3.8) is 0 Å². The normalized spacial score (nSPS) is 27.0. The first-order valence-corrected chi connectivity index (χ1v) is 19.4. The molecule has 4 amide bonds. The Hall–Kier alpha value is -4.99. The van der Waals surface area contributed by atoms with Crippen LogP contribution in [0.5, 0.6) is 5.88 Å². The van der Waals surface area contributed by atoms with Crippen molar-refractivity contribution >= 4 is 44.7 Å². The molecule has 4 aliphatic rings. The third-order valence-corrected chi connectivity index (χ3v) is 12.1. The summed E-state index contributed by atoms with van der Waals surface area (Å²) in [5.74, 6) is -4.84. The first kappa shape index (κ1) is 36.4. The van der Waals surface area contributed by atoms with Crippen LogP contribution < -0.4 is 20.1 Å². The lowest BCUT2D eigenvalue weighted by Crippen LogP contribution is -2.58. The van der Waals surface area contributed by atoms with E-state index in [1.54, 1.807) is 13.0 Å². The average molecular weight is 751 g/mol. The van der Waals surface area contributed by atoms with Crippen LogP contribution in [0.25, 0.3) is 11.0 Å². The van der Waals surface area contributed by atoms with Gasteiger partial charge in [-0.2, -0.15) is 0 Å². The number of benzene rings is 2. The van der Waals surface area contributed by atoms with Crippen LogP contribution in [0.4, 0.5) is 8.78 Å². The number of halogens is 2. The molecule has 5 atom stereocenters. The summed E-state index contributed by atoms with van der Waals surface area (Å²) in [4.78, 5) is 65.7. The van der Waals surface area contributed by atoms with Crippen molar-refractivity contribution in [2.45, 2.75) is 93.7 Å². The van der Waals surface area contributed by atoms with E-state index in [2.05, 4.69) is 25.3 Å². The summed E-state index contributed by atoms with van der Waals surface area (Å²) in [6, 6.07) is 7.36. The molecule has 2 aliphatic heterocycles. The Kier molecular flexibility index (Phi) is 9.91. The molecule has 5 unspecified atom stereocenters. The quantitative estimate of drug-likeness (QED) is 0.306. The number of aromatic nitrogens is 2. The van der Waals surface area contributed by atoms with Gasteiger partial charge >= 0.3 is 0 Å². The number of nitrogens with zero attached hydrogens (tertiary/aromatic N) is 3. The Morgan fingerprint density at radius 2 is 1.77 bits per heavy atom. The second-order valence-corrected chi connectivity index (χ2v) is 16.2. The maximum absolute atomic E-state index is 14.7. The Labute approximate surface area is 305 Å². The summed E-state index contributed by atoms with van der Waals surface area (Å²) in [7, 11) is -3.93. The molecule has 7 rings (SSSR count). The summed E-state index contributed by atoms with van der Waals surface area (Å²) < 4.78 is 63.2. The third kappa shape index (κ3) is 7.59. The third-order valence-electron chi connectivity index (χ3n) is 10.3. The molecule has 3 N–H and O–H groups in total. The lowest BCUT2D eigenvalue weighted by atomic mass is 10.0. The van der Waals surface area contributed by atoms with E-state index >= 15 is 0 Å². The summed E-state index contributed by atoms with van der Waals surface area (Å²) in [6.07, 6.45) is 6.56. The summed E-state index contributed by atoms with van der Waals surface area (Å²) in [5.41, 5.74) is -1.17. The van der Waals surface area contributed by atoms with E-state index in [0.717, 1.165) is 12.5 Å². The van der Waals surface area contributed by atoms with E-state index in [1.165, 1.54) is 35.2 Å². The summed E-state index contributed by atoms with van der Waals surface area (Å²) in [6.45, 7) is 1.48. The zero-order valence-corrected chi connectivity index (χ0v) is 29.8. The van der Waals surface area contributed by atoms with Crippen LogP contribution in [0.3, 0.4) is 0 Å². The second-order valence-electron chi connectivity index (χ2n) is 14.2. The monoisotopic (exact) mass is 750 g/mol. The Morgan fingerprint density at radius 1 is 1.00 bits per heavy atom. The topological polar surface area (TPSA) is 177 Å². The fourth-order valence-electron chi connectivity index (χ4n) is 7.11. The second kappa shape index (κ2) is 14.4. The molecule has 2 aromatic carbocycles. The highest BCUT2D eigenvalue weighted by Gasteiger charge is 2.62. The molecule has 1 saturated heterocycles. The minimum atomic E-state index is -3.93. The zero-order chi connectivity index (χ0) is 37.5. The van der Waals surface area contributed by atoms with Crippen LogP contribution in [0.1, 0.15) is 73.8 Å². The smallest absolute Gasteiger partial charge is 0.259 e. The van der Waals surface area contributed by atoms with Gasteiger partial charge in [0.15, 0.2) is 5.82 Å². The number of amides is 4. The Balaban J connectivity index is 1.20. The van der Waals surface area contributed by atoms with Crippen molar-refractivity contribution in [2.24, 2.45) is 5.92 Å². The molecule has 3 heterocycles. The lowest BCUT2D eigenvalue weighted by Gasteiger charge is -2.30. The number of carbonyl (C=O) groups is 4. The average Bonchev–Trinajstić information content (AvgIpc) is 4.04. The fraction of sp³-hybridized carbons (Fsp3) is 0.459. The molecule has 3 fully saturated rings. The summed E-state index contributed by atoms with van der Waals surface area (Å²) >= 11 is 0. The van der Waals surface area contributed by atoms with Crippen LogP contribution in [0, 0.1) is 24.5 Å². The predicted octanol–water partition coefficient (Wildman–Crippen LogP) is 3.37. The van der Waals surface area contributed by atoms with E-state index in [9.17, 15) is 36.4 Å². The minimum Gasteiger partial charge on any atom is -0.471 e. The number of nitrogens with one attached hydrogen (secondary N) is 3. The van der Waals surface area contributed by atoms with Crippen LogP contribution in [-0.4, -0.2) is 82.4 Å². The van der Waals surface area contributed by atoms with Crippen molar-refractivity contribution in [3.05, 3.63) is 77.5 Å². The first-order valence-electron chi connectivity index (χ1n) is 17.9. The largest absolute Gasteiger partial charge is 0.471 e. The van der Waals surface area contributed by atoms with Gasteiger partial charge in [-0.15, -0.1) is 0 Å². The molecule has 2 aliphatic carbocycles. The van der Waals surface area contributed by atoms with Crippen molar-refractivity contribution in [1.82, 2.24) is 30.2 Å². The number of fused-ring (bicyclic) bond motifs is 3. The van der Waals surface area contributed by atoms with E-state index in [1.807, 2.05) is 12.2 Å². The molecule has 0 radical (unpaired) electrons. The number of allylic oxidation sites excluding steroid dienone is 1. The number of carbonyl (C=O) groups excluding carboxylic acids is 4. The maximum atomic E-state index is 14.7. The molecule has 53 heavy (non-hydrogen) atoms. The molecule has 13 nitrogen and oxygen atoms in total. The van der Waals surface area contributed by atoms with Crippen LogP contribution >= 0.6 is 0 Å². The minimum absolute atomic E-state index is 0.00105. The molecular weight excluding hydrogens is 711 g/mol. The summed E-state index contributed by atoms with van der Waals surface area (Å²) in [5, 5.41) is 4.81. The van der Waals surface area contributed by atoms with E-state index < -0.39 is 80.2 Å². The van der Waals surface area contributed by atoms with E-state index in [4.69, 9.17) is 4.74 Å². The van der Waals surface area contributed by atoms with E-state index in [0.29, 0.717) is 43.3 Å². The van der Waals surface area contributed by atoms with Gasteiger partial charge in [-0.3, -0.25) is 23.9 Å². The molecule has 1 aromatic heterocycles. The number of ether oxygens (including phenoxy) is 1. The van der Waals surface area contributed by atoms with Crippen LogP contribution in [-0.2, 0) is 24.4 Å². The van der Waals surface area contributed by atoms with Gasteiger partial charge in [0.25, 0.3) is 11.8 Å². The molecule has 280 valence electrons. The number of aryl methyl sites for hydroxylation is 1. The highest BCUT2D eigenvalue weighted by Crippen LogP contribution is 2.46. The Morgan fingerprint density at radius 3 is 2.55 bits per heavy atom. The fourth-order valence-corrected chi connectivity index (χ4v) is 8.48. The molecule has 0 spiro atoms. The standard InChI is InChI=1S/C37H40F2N6O7S/c1-21-34(42-31-27(39)13-9-15-28(31)40-21)52-23-18-30-33(47)43-37(36(49)44-53(50,51)24-16-17-24)19-22(37)10-5-3-2-4-6-14-29(35(48)45(30)20-23)41-32(46)25-11-7-8-12-26(25)38/h5,7-13,15,22-24,29-30H,2-4,6,14,16-20H2,1H3,(H,41,46)(H,43,47)(H,44,49)/b10-5-. The first-order chi connectivity index (χ1) is 25.4. The van der Waals surface area contributed by atoms with Gasteiger partial charge in [-0.25, -0.2) is 27.2 Å². The van der Waals surface area contributed by atoms with Crippen molar-refractivity contribution in [3.8, 4) is 5.88 Å².